The third-order valence-corrected chi connectivity index (χ3v) is 18.5. The first-order valence-electron chi connectivity index (χ1n) is 13.7. The van der Waals surface area contributed by atoms with Gasteiger partial charge in [-0.2, -0.15) is 0 Å². The monoisotopic (exact) mass is 620 g/mol. The van der Waals surface area contributed by atoms with E-state index < -0.39 is 21.3 Å². The molecule has 38 heavy (non-hydrogen) atoms. The van der Waals surface area contributed by atoms with Crippen LogP contribution in [0.25, 0.3) is 22.3 Å². The van der Waals surface area contributed by atoms with Gasteiger partial charge >= 0.3 is 227 Å². The van der Waals surface area contributed by atoms with Crippen molar-refractivity contribution in [1.29, 1.82) is 0 Å². The largest absolute Gasteiger partial charge is 1.00 e. The van der Waals surface area contributed by atoms with Crippen molar-refractivity contribution in [3.8, 4) is 11.1 Å². The standard InChI is InChI=1S/C27H29.C5H5.C3H6.2ClH.Zr/c1-16-7-9-26(3,4)24-12-18-11-19-13-25-21(17(2)8-10-27(25,5)6)15-23(19)22(18)14-20(16)24;1-2-4-5-3-1;1-3-2;;;/h7-9,12-15H,10-11H2,1-6H3;1-3H,4H2;1-2H3;2*1H;/q;;;;;+2/p-2. The predicted molar refractivity (Wildman–Crippen MR) is 155 cm³/mol. The van der Waals surface area contributed by atoms with Gasteiger partial charge in [0.05, 0.1) is 0 Å². The zero-order valence-corrected chi connectivity index (χ0v) is 28.1. The number of hydrogen-bond acceptors (Lipinski definition) is 0. The molecule has 4 aliphatic carbocycles. The van der Waals surface area contributed by atoms with Crippen molar-refractivity contribution in [3.63, 3.8) is 0 Å². The first-order valence-corrected chi connectivity index (χ1v) is 17.6. The van der Waals surface area contributed by atoms with Crippen LogP contribution in [0.5, 0.6) is 0 Å². The maximum absolute atomic E-state index is 2.69. The Morgan fingerprint density at radius 2 is 1.42 bits per heavy atom. The fourth-order valence-corrected chi connectivity index (χ4v) is 16.1. The van der Waals surface area contributed by atoms with Gasteiger partial charge in [-0.25, -0.2) is 0 Å². The second-order valence-electron chi connectivity index (χ2n) is 13.0. The number of rotatable bonds is 2. The molecular weight excluding hydrogens is 583 g/mol. The summed E-state index contributed by atoms with van der Waals surface area (Å²) in [6, 6.07) is 10.2. The van der Waals surface area contributed by atoms with Gasteiger partial charge in [-0.3, -0.25) is 0 Å². The van der Waals surface area contributed by atoms with Crippen LogP contribution in [-0.4, -0.2) is 3.21 Å². The van der Waals surface area contributed by atoms with Gasteiger partial charge in [0.15, 0.2) is 0 Å². The minimum absolute atomic E-state index is 0. The van der Waals surface area contributed by atoms with E-state index in [4.69, 9.17) is 0 Å². The van der Waals surface area contributed by atoms with Crippen molar-refractivity contribution in [2.75, 3.05) is 0 Å². The predicted octanol–water partition coefficient (Wildman–Crippen LogP) is 3.51. The Labute approximate surface area is 250 Å². The van der Waals surface area contributed by atoms with Crippen LogP contribution < -0.4 is 24.8 Å². The number of allylic oxidation sites excluding steroid dienone is 8. The summed E-state index contributed by atoms with van der Waals surface area (Å²) < 4.78 is 4.17. The van der Waals surface area contributed by atoms with Gasteiger partial charge in [0.25, 0.3) is 0 Å². The van der Waals surface area contributed by atoms with Crippen molar-refractivity contribution in [3.05, 3.63) is 91.3 Å². The van der Waals surface area contributed by atoms with Crippen molar-refractivity contribution in [1.82, 2.24) is 0 Å². The van der Waals surface area contributed by atoms with E-state index in [1.165, 1.54) is 50.9 Å². The van der Waals surface area contributed by atoms with Crippen LogP contribution in [0.2, 0.25) is 3.63 Å². The van der Waals surface area contributed by atoms with Crippen molar-refractivity contribution < 1.29 is 46.1 Å². The molecule has 0 aliphatic heterocycles. The Balaban J connectivity index is 0.00000168. The molecule has 198 valence electrons. The fourth-order valence-electron chi connectivity index (χ4n) is 7.30. The van der Waals surface area contributed by atoms with Crippen molar-refractivity contribution in [2.45, 2.75) is 89.1 Å². The molecule has 0 spiro atoms. The molecule has 1 unspecified atom stereocenters. The Morgan fingerprint density at radius 1 is 0.816 bits per heavy atom. The molecule has 2 aromatic carbocycles. The van der Waals surface area contributed by atoms with E-state index in [0.717, 1.165) is 12.8 Å². The minimum Gasteiger partial charge on any atom is -1.00 e. The summed E-state index contributed by atoms with van der Waals surface area (Å²) in [5.41, 5.74) is 15.4. The summed E-state index contributed by atoms with van der Waals surface area (Å²) >= 11 is -1.97. The molecule has 0 nitrogen and oxygen atoms in total. The molecule has 0 N–H and O–H groups in total. The number of benzene rings is 2. The molecule has 0 radical (unpaired) electrons. The van der Waals surface area contributed by atoms with Gasteiger partial charge in [-0.15, -0.1) is 0 Å². The van der Waals surface area contributed by atoms with Crippen LogP contribution >= 0.6 is 0 Å². The average Bonchev–Trinajstić information content (AvgIpc) is 3.46. The molecule has 1 atom stereocenters. The summed E-state index contributed by atoms with van der Waals surface area (Å²) in [5.74, 6) is 0. The molecule has 0 saturated carbocycles. The van der Waals surface area contributed by atoms with E-state index in [1.54, 1.807) is 17.6 Å². The quantitative estimate of drug-likeness (QED) is 0.411. The zero-order chi connectivity index (χ0) is 25.6. The molecule has 0 saturated heterocycles. The van der Waals surface area contributed by atoms with E-state index in [-0.39, 0.29) is 35.6 Å². The van der Waals surface area contributed by atoms with Crippen molar-refractivity contribution in [2.24, 2.45) is 0 Å². The van der Waals surface area contributed by atoms with Crippen LogP contribution in [0.15, 0.2) is 57.9 Å². The molecule has 2 aromatic rings. The molecule has 0 fully saturated rings. The molecule has 3 heteroatoms. The molecule has 4 aliphatic rings. The Morgan fingerprint density at radius 3 is 2.00 bits per heavy atom. The summed E-state index contributed by atoms with van der Waals surface area (Å²) in [6.07, 6.45) is 15.6. The van der Waals surface area contributed by atoms with Gasteiger partial charge in [-0.1, -0.05) is 0 Å². The van der Waals surface area contributed by atoms with E-state index in [9.17, 15) is 0 Å². The Hall–Kier alpha value is -1.27. The normalized spacial score (nSPS) is 20.7. The van der Waals surface area contributed by atoms with E-state index >= 15 is 0 Å². The van der Waals surface area contributed by atoms with Crippen LogP contribution in [-0.2, 0) is 38.5 Å². The van der Waals surface area contributed by atoms with Crippen LogP contribution in [0, 0.1) is 0 Å². The third kappa shape index (κ3) is 4.50. The second-order valence-corrected chi connectivity index (χ2v) is 20.6. The van der Waals surface area contributed by atoms with Gasteiger partial charge in [0.2, 0.25) is 0 Å². The molecule has 0 aromatic heterocycles. The smallest absolute Gasteiger partial charge is 1.00 e. The summed E-state index contributed by atoms with van der Waals surface area (Å²) in [4.78, 5) is 0. The maximum atomic E-state index is 2.69. The molecule has 6 rings (SSSR count). The third-order valence-electron chi connectivity index (χ3n) is 9.51. The first kappa shape index (κ1) is 29.7. The van der Waals surface area contributed by atoms with Crippen molar-refractivity contribution >= 4 is 14.4 Å². The van der Waals surface area contributed by atoms with Crippen LogP contribution in [0.4, 0.5) is 0 Å². The SMILES string of the molecule is CC1=CCC(C)(C)c2cc3c(cc21)-c1cc2c(cc1C3)C(C)(C)[CH]([Zr+2]([C]1=CC=CC1)=[C](C)C)C=C2C.[Cl-].[Cl-]. The Bertz CT molecular complexity index is 1490. The number of halogens is 2. The molecule has 0 amide bonds. The van der Waals surface area contributed by atoms with E-state index in [2.05, 4.69) is 110 Å². The van der Waals surface area contributed by atoms with Gasteiger partial charge in [0.1, 0.15) is 0 Å². The molecule has 0 heterocycles. The first-order chi connectivity index (χ1) is 17.0. The van der Waals surface area contributed by atoms with Gasteiger partial charge in [-0.05, 0) is 0 Å². The maximum Gasteiger partial charge on any atom is -1.00 e. The molecular formula is C35H40Cl2Zr. The van der Waals surface area contributed by atoms with Gasteiger partial charge < -0.3 is 24.8 Å². The summed E-state index contributed by atoms with van der Waals surface area (Å²) in [6.45, 7) is 19.4. The average molecular weight is 623 g/mol. The van der Waals surface area contributed by atoms with Crippen LogP contribution in [0.1, 0.15) is 102 Å². The molecule has 0 bridgehead atoms. The van der Waals surface area contributed by atoms with Gasteiger partial charge in [0, 0.05) is 0 Å². The number of hydrogen-bond donors (Lipinski definition) is 0. The minimum atomic E-state index is -1.97. The topological polar surface area (TPSA) is 0 Å². The zero-order valence-electron chi connectivity index (χ0n) is 24.2. The summed E-state index contributed by atoms with van der Waals surface area (Å²) in [7, 11) is 0. The van der Waals surface area contributed by atoms with E-state index in [0.29, 0.717) is 3.63 Å². The fraction of sp³-hybridized carbons (Fsp3) is 0.400. The van der Waals surface area contributed by atoms with Crippen LogP contribution in [0.3, 0.4) is 0 Å². The summed E-state index contributed by atoms with van der Waals surface area (Å²) in [5, 5.41) is 0. The second kappa shape index (κ2) is 10.3. The number of fused-ring (bicyclic) bond motifs is 5. The Kier molecular flexibility index (Phi) is 8.04. The van der Waals surface area contributed by atoms with E-state index in [1.807, 2.05) is 0 Å².